The van der Waals surface area contributed by atoms with Gasteiger partial charge >= 0.3 is 12.1 Å². The molecule has 0 spiro atoms. The Kier molecular flexibility index (Phi) is 4.93. The van der Waals surface area contributed by atoms with Crippen molar-refractivity contribution in [1.82, 2.24) is 14.7 Å². The van der Waals surface area contributed by atoms with Gasteiger partial charge in [-0.05, 0) is 13.8 Å². The summed E-state index contributed by atoms with van der Waals surface area (Å²) in [6, 6.07) is 0.101. The van der Waals surface area contributed by atoms with Gasteiger partial charge in [0.1, 0.15) is 0 Å². The molecule has 0 fully saturated rings. The third-order valence-corrected chi connectivity index (χ3v) is 2.35. The van der Waals surface area contributed by atoms with Gasteiger partial charge in [0.15, 0.2) is 0 Å². The number of hydrogen-bond donors (Lipinski definition) is 1. The molecule has 1 heterocycles. The van der Waals surface area contributed by atoms with Gasteiger partial charge in [-0.2, -0.15) is 18.3 Å². The molecule has 1 N–H and O–H groups in total. The van der Waals surface area contributed by atoms with E-state index in [0.29, 0.717) is 5.56 Å². The fourth-order valence-corrected chi connectivity index (χ4v) is 1.61. The van der Waals surface area contributed by atoms with Crippen LogP contribution in [0.3, 0.4) is 0 Å². The molecule has 0 aliphatic heterocycles. The topological polar surface area (TPSA) is 58.4 Å². The van der Waals surface area contributed by atoms with Gasteiger partial charge in [0.2, 0.25) is 0 Å². The highest BCUT2D eigenvalue weighted by Crippen LogP contribution is 2.18. The molecule has 0 aliphatic carbocycles. The lowest BCUT2D eigenvalue weighted by Crippen LogP contribution is -2.37. The second-order valence-corrected chi connectivity index (χ2v) is 4.58. The van der Waals surface area contributed by atoms with Gasteiger partial charge < -0.3 is 5.11 Å². The molecule has 1 aromatic rings. The second-order valence-electron chi connectivity index (χ2n) is 4.58. The average molecular weight is 279 g/mol. The van der Waals surface area contributed by atoms with Gasteiger partial charge in [-0.1, -0.05) is 0 Å². The van der Waals surface area contributed by atoms with Crippen molar-refractivity contribution >= 4 is 5.97 Å². The summed E-state index contributed by atoms with van der Waals surface area (Å²) in [5, 5.41) is 12.6. The number of halogens is 3. The SMILES string of the molecule is CC(C)n1cc(CN(CC(=O)O)CC(F)(F)F)cn1. The number of alkyl halides is 3. The molecule has 19 heavy (non-hydrogen) atoms. The summed E-state index contributed by atoms with van der Waals surface area (Å²) in [5.74, 6) is -1.29. The Balaban J connectivity index is 2.72. The van der Waals surface area contributed by atoms with Crippen molar-refractivity contribution in [3.63, 3.8) is 0 Å². The second kappa shape index (κ2) is 6.05. The van der Waals surface area contributed by atoms with Crippen LogP contribution < -0.4 is 0 Å². The smallest absolute Gasteiger partial charge is 0.401 e. The van der Waals surface area contributed by atoms with Crippen LogP contribution in [0, 0.1) is 0 Å². The summed E-state index contributed by atoms with van der Waals surface area (Å²) in [5.41, 5.74) is 0.555. The van der Waals surface area contributed by atoms with E-state index in [4.69, 9.17) is 5.11 Å². The molecule has 108 valence electrons. The Labute approximate surface area is 108 Å². The summed E-state index contributed by atoms with van der Waals surface area (Å²) in [4.78, 5) is 11.4. The van der Waals surface area contributed by atoms with E-state index in [2.05, 4.69) is 5.10 Å². The summed E-state index contributed by atoms with van der Waals surface area (Å²) in [7, 11) is 0. The zero-order valence-electron chi connectivity index (χ0n) is 10.7. The van der Waals surface area contributed by atoms with Gasteiger partial charge in [0, 0.05) is 24.3 Å². The van der Waals surface area contributed by atoms with E-state index in [1.807, 2.05) is 13.8 Å². The molecule has 0 unspecified atom stereocenters. The van der Waals surface area contributed by atoms with Crippen molar-refractivity contribution in [2.24, 2.45) is 0 Å². The van der Waals surface area contributed by atoms with Crippen LogP contribution in [0.25, 0.3) is 0 Å². The van der Waals surface area contributed by atoms with E-state index in [1.54, 1.807) is 10.9 Å². The summed E-state index contributed by atoms with van der Waals surface area (Å²) >= 11 is 0. The van der Waals surface area contributed by atoms with Crippen LogP contribution >= 0.6 is 0 Å². The minimum absolute atomic E-state index is 0.0987. The minimum atomic E-state index is -4.43. The van der Waals surface area contributed by atoms with Gasteiger partial charge in [0.25, 0.3) is 0 Å². The average Bonchev–Trinajstić information content (AvgIpc) is 2.62. The molecule has 5 nitrogen and oxygen atoms in total. The molecule has 0 saturated carbocycles. The van der Waals surface area contributed by atoms with Crippen LogP contribution in [0.5, 0.6) is 0 Å². The number of hydrogen-bond acceptors (Lipinski definition) is 3. The molecular formula is C11H16F3N3O2. The highest BCUT2D eigenvalue weighted by molar-refractivity contribution is 5.69. The Bertz CT molecular complexity index is 429. The highest BCUT2D eigenvalue weighted by atomic mass is 19.4. The Hall–Kier alpha value is -1.57. The van der Waals surface area contributed by atoms with E-state index in [-0.39, 0.29) is 12.6 Å². The first kappa shape index (κ1) is 15.5. The third-order valence-electron chi connectivity index (χ3n) is 2.35. The Morgan fingerprint density at radius 1 is 1.53 bits per heavy atom. The van der Waals surface area contributed by atoms with Crippen LogP contribution in [0.4, 0.5) is 13.2 Å². The molecule has 0 saturated heterocycles. The van der Waals surface area contributed by atoms with Crippen LogP contribution in [0.2, 0.25) is 0 Å². The van der Waals surface area contributed by atoms with Crippen molar-refractivity contribution in [1.29, 1.82) is 0 Å². The number of nitrogens with zero attached hydrogens (tertiary/aromatic N) is 3. The molecular weight excluding hydrogens is 263 g/mol. The minimum Gasteiger partial charge on any atom is -0.480 e. The summed E-state index contributed by atoms with van der Waals surface area (Å²) < 4.78 is 38.6. The van der Waals surface area contributed by atoms with Crippen molar-refractivity contribution in [3.8, 4) is 0 Å². The summed E-state index contributed by atoms with van der Waals surface area (Å²) in [6.45, 7) is 1.76. The van der Waals surface area contributed by atoms with Crippen molar-refractivity contribution in [2.75, 3.05) is 13.1 Å². The quantitative estimate of drug-likeness (QED) is 0.864. The lowest BCUT2D eigenvalue weighted by Gasteiger charge is -2.20. The maximum Gasteiger partial charge on any atom is 0.401 e. The van der Waals surface area contributed by atoms with Crippen LogP contribution in [0.15, 0.2) is 12.4 Å². The standard InChI is InChI=1S/C11H16F3N3O2/c1-8(2)17-5-9(3-15-17)4-16(6-10(18)19)7-11(12,13)14/h3,5,8H,4,6-7H2,1-2H3,(H,18,19). The predicted molar refractivity (Wildman–Crippen MR) is 61.6 cm³/mol. The van der Waals surface area contributed by atoms with Crippen molar-refractivity contribution in [2.45, 2.75) is 32.6 Å². The zero-order chi connectivity index (χ0) is 14.6. The molecule has 0 aromatic carbocycles. The Morgan fingerprint density at radius 2 is 2.16 bits per heavy atom. The van der Waals surface area contributed by atoms with E-state index in [9.17, 15) is 18.0 Å². The van der Waals surface area contributed by atoms with Gasteiger partial charge in [-0.15, -0.1) is 0 Å². The molecule has 1 rings (SSSR count). The predicted octanol–water partition coefficient (Wildman–Crippen LogP) is 1.91. The van der Waals surface area contributed by atoms with Gasteiger partial charge in [-0.3, -0.25) is 14.4 Å². The number of aliphatic carboxylic acids is 1. The van der Waals surface area contributed by atoms with Crippen molar-refractivity contribution < 1.29 is 23.1 Å². The van der Waals surface area contributed by atoms with Crippen LogP contribution in [0.1, 0.15) is 25.5 Å². The fraction of sp³-hybridized carbons (Fsp3) is 0.636. The Morgan fingerprint density at radius 3 is 2.58 bits per heavy atom. The van der Waals surface area contributed by atoms with Crippen LogP contribution in [-0.2, 0) is 11.3 Å². The zero-order valence-corrected chi connectivity index (χ0v) is 10.7. The third kappa shape index (κ3) is 5.73. The molecule has 8 heteroatoms. The van der Waals surface area contributed by atoms with E-state index in [1.165, 1.54) is 6.20 Å². The lowest BCUT2D eigenvalue weighted by atomic mass is 10.3. The lowest BCUT2D eigenvalue weighted by molar-refractivity contribution is -0.154. The van der Waals surface area contributed by atoms with E-state index >= 15 is 0 Å². The molecule has 0 bridgehead atoms. The number of carboxylic acids is 1. The van der Waals surface area contributed by atoms with E-state index in [0.717, 1.165) is 4.90 Å². The van der Waals surface area contributed by atoms with Gasteiger partial charge in [-0.25, -0.2) is 0 Å². The maximum absolute atomic E-state index is 12.3. The molecule has 0 atom stereocenters. The first-order chi connectivity index (χ1) is 8.67. The fourth-order valence-electron chi connectivity index (χ4n) is 1.61. The molecule has 0 amide bonds. The first-order valence-electron chi connectivity index (χ1n) is 5.71. The number of aromatic nitrogens is 2. The molecule has 0 aliphatic rings. The molecule has 1 aromatic heterocycles. The van der Waals surface area contributed by atoms with Gasteiger partial charge in [0.05, 0.1) is 19.3 Å². The first-order valence-corrected chi connectivity index (χ1v) is 5.71. The maximum atomic E-state index is 12.3. The monoisotopic (exact) mass is 279 g/mol. The largest absolute Gasteiger partial charge is 0.480 e. The summed E-state index contributed by atoms with van der Waals surface area (Å²) in [6.07, 6.45) is -1.36. The van der Waals surface area contributed by atoms with Crippen molar-refractivity contribution in [3.05, 3.63) is 18.0 Å². The number of rotatable bonds is 6. The number of carboxylic acid groups (broad SMARTS) is 1. The normalized spacial score (nSPS) is 12.4. The van der Waals surface area contributed by atoms with Crippen LogP contribution in [-0.4, -0.2) is 45.0 Å². The molecule has 0 radical (unpaired) electrons. The number of carbonyl (C=O) groups is 1. The highest BCUT2D eigenvalue weighted by Gasteiger charge is 2.31. The van der Waals surface area contributed by atoms with E-state index < -0.39 is 25.2 Å².